The van der Waals surface area contributed by atoms with Crippen molar-refractivity contribution in [1.82, 2.24) is 10.1 Å². The molecule has 5 heteroatoms. The summed E-state index contributed by atoms with van der Waals surface area (Å²) >= 11 is 0. The van der Waals surface area contributed by atoms with Crippen molar-refractivity contribution in [3.05, 3.63) is 66.1 Å². The van der Waals surface area contributed by atoms with Gasteiger partial charge in [-0.05, 0) is 24.1 Å². The minimum atomic E-state index is -0.356. The molecule has 2 aromatic carbocycles. The fraction of sp³-hybridized carbons (Fsp3) is 0.125. The molecule has 21 heavy (non-hydrogen) atoms. The van der Waals surface area contributed by atoms with E-state index in [1.807, 2.05) is 30.3 Å². The van der Waals surface area contributed by atoms with Gasteiger partial charge in [-0.2, -0.15) is 4.98 Å². The van der Waals surface area contributed by atoms with Gasteiger partial charge in [0.25, 0.3) is 0 Å². The topological polar surface area (TPSA) is 85.2 Å². The zero-order chi connectivity index (χ0) is 14.7. The van der Waals surface area contributed by atoms with Crippen LogP contribution in [0.5, 0.6) is 5.75 Å². The van der Waals surface area contributed by atoms with E-state index >= 15 is 0 Å². The molecule has 0 unspecified atom stereocenters. The van der Waals surface area contributed by atoms with Gasteiger partial charge in [0.15, 0.2) is 0 Å². The Morgan fingerprint density at radius 2 is 1.90 bits per heavy atom. The Bertz CT molecular complexity index is 725. The summed E-state index contributed by atoms with van der Waals surface area (Å²) in [5.74, 6) is 0.967. The molecule has 5 nitrogen and oxygen atoms in total. The monoisotopic (exact) mass is 281 g/mol. The van der Waals surface area contributed by atoms with E-state index in [1.54, 1.807) is 24.3 Å². The Labute approximate surface area is 122 Å². The fourth-order valence-corrected chi connectivity index (χ4v) is 2.10. The molecule has 0 fully saturated rings. The summed E-state index contributed by atoms with van der Waals surface area (Å²) in [6.45, 7) is 0. The van der Waals surface area contributed by atoms with Crippen LogP contribution in [0, 0.1) is 0 Å². The fourth-order valence-electron chi connectivity index (χ4n) is 2.10. The van der Waals surface area contributed by atoms with Crippen LogP contribution in [-0.2, 0) is 6.42 Å². The van der Waals surface area contributed by atoms with Crippen LogP contribution < -0.4 is 5.73 Å². The van der Waals surface area contributed by atoms with Crippen molar-refractivity contribution in [3.8, 4) is 17.1 Å². The van der Waals surface area contributed by atoms with Gasteiger partial charge in [0.05, 0.1) is 6.04 Å². The Hall–Kier alpha value is -2.66. The minimum Gasteiger partial charge on any atom is -0.508 e. The predicted octanol–water partition coefficient (Wildman–Crippen LogP) is 2.68. The van der Waals surface area contributed by atoms with Gasteiger partial charge < -0.3 is 15.4 Å². The van der Waals surface area contributed by atoms with Crippen LogP contribution in [-0.4, -0.2) is 15.2 Å². The SMILES string of the molecule is N[C@@H](Cc1ccccc1)c1nc(-c2cccc(O)c2)no1. The maximum absolute atomic E-state index is 9.47. The Morgan fingerprint density at radius 1 is 1.10 bits per heavy atom. The van der Waals surface area contributed by atoms with Crippen molar-refractivity contribution in [3.63, 3.8) is 0 Å². The molecular weight excluding hydrogens is 266 g/mol. The molecule has 0 saturated carbocycles. The number of phenols is 1. The molecule has 3 aromatic rings. The van der Waals surface area contributed by atoms with Gasteiger partial charge >= 0.3 is 0 Å². The maximum Gasteiger partial charge on any atom is 0.244 e. The second-order valence-corrected chi connectivity index (χ2v) is 4.80. The first kappa shape index (κ1) is 13.3. The first-order valence-corrected chi connectivity index (χ1v) is 6.65. The lowest BCUT2D eigenvalue weighted by molar-refractivity contribution is 0.354. The molecule has 3 rings (SSSR count). The minimum absolute atomic E-state index is 0.160. The summed E-state index contributed by atoms with van der Waals surface area (Å²) in [6, 6.07) is 16.2. The van der Waals surface area contributed by atoms with E-state index in [2.05, 4.69) is 10.1 Å². The van der Waals surface area contributed by atoms with Gasteiger partial charge in [-0.15, -0.1) is 0 Å². The summed E-state index contributed by atoms with van der Waals surface area (Å²) in [5, 5.41) is 13.4. The van der Waals surface area contributed by atoms with E-state index < -0.39 is 0 Å². The average molecular weight is 281 g/mol. The zero-order valence-corrected chi connectivity index (χ0v) is 11.3. The molecule has 0 saturated heterocycles. The predicted molar refractivity (Wildman–Crippen MR) is 78.5 cm³/mol. The van der Waals surface area contributed by atoms with Gasteiger partial charge in [0.2, 0.25) is 11.7 Å². The Morgan fingerprint density at radius 3 is 2.67 bits per heavy atom. The third-order valence-corrected chi connectivity index (χ3v) is 3.16. The van der Waals surface area contributed by atoms with Gasteiger partial charge in [0.1, 0.15) is 5.75 Å². The highest BCUT2D eigenvalue weighted by atomic mass is 16.5. The highest BCUT2D eigenvalue weighted by Gasteiger charge is 2.16. The second-order valence-electron chi connectivity index (χ2n) is 4.80. The number of nitrogens with zero attached hydrogens (tertiary/aromatic N) is 2. The number of hydrogen-bond acceptors (Lipinski definition) is 5. The summed E-state index contributed by atoms with van der Waals surface area (Å²) in [5.41, 5.74) is 7.91. The van der Waals surface area contributed by atoms with E-state index in [0.717, 1.165) is 5.56 Å². The van der Waals surface area contributed by atoms with Gasteiger partial charge in [-0.1, -0.05) is 47.6 Å². The molecule has 0 aliphatic carbocycles. The van der Waals surface area contributed by atoms with E-state index in [9.17, 15) is 5.11 Å². The largest absolute Gasteiger partial charge is 0.508 e. The molecule has 0 radical (unpaired) electrons. The van der Waals surface area contributed by atoms with Crippen molar-refractivity contribution in [2.24, 2.45) is 5.73 Å². The van der Waals surface area contributed by atoms with E-state index in [1.165, 1.54) is 0 Å². The number of aromatic hydroxyl groups is 1. The molecule has 1 atom stereocenters. The summed E-state index contributed by atoms with van der Waals surface area (Å²) in [7, 11) is 0. The molecule has 0 aliphatic heterocycles. The Balaban J connectivity index is 1.78. The van der Waals surface area contributed by atoms with E-state index in [4.69, 9.17) is 10.3 Å². The third kappa shape index (κ3) is 3.09. The van der Waals surface area contributed by atoms with Crippen molar-refractivity contribution < 1.29 is 9.63 Å². The summed E-state index contributed by atoms with van der Waals surface area (Å²) in [4.78, 5) is 4.30. The van der Waals surface area contributed by atoms with Crippen LogP contribution in [0.25, 0.3) is 11.4 Å². The van der Waals surface area contributed by atoms with Gasteiger partial charge in [0, 0.05) is 5.56 Å². The van der Waals surface area contributed by atoms with Gasteiger partial charge in [-0.3, -0.25) is 0 Å². The number of hydrogen-bond donors (Lipinski definition) is 2. The van der Waals surface area contributed by atoms with Crippen molar-refractivity contribution in [2.45, 2.75) is 12.5 Å². The quantitative estimate of drug-likeness (QED) is 0.768. The normalized spacial score (nSPS) is 12.2. The third-order valence-electron chi connectivity index (χ3n) is 3.16. The molecule has 0 aliphatic rings. The van der Waals surface area contributed by atoms with Crippen molar-refractivity contribution >= 4 is 0 Å². The number of aromatic nitrogens is 2. The average Bonchev–Trinajstić information content (AvgIpc) is 2.98. The van der Waals surface area contributed by atoms with Crippen LogP contribution in [0.15, 0.2) is 59.1 Å². The molecule has 1 aromatic heterocycles. The number of phenolic OH excluding ortho intramolecular Hbond substituents is 1. The lowest BCUT2D eigenvalue weighted by atomic mass is 10.1. The van der Waals surface area contributed by atoms with E-state index in [0.29, 0.717) is 23.7 Å². The molecule has 0 amide bonds. The van der Waals surface area contributed by atoms with Crippen molar-refractivity contribution in [1.29, 1.82) is 0 Å². The van der Waals surface area contributed by atoms with Crippen LogP contribution >= 0.6 is 0 Å². The summed E-state index contributed by atoms with van der Waals surface area (Å²) < 4.78 is 5.23. The van der Waals surface area contributed by atoms with Crippen LogP contribution in [0.3, 0.4) is 0 Å². The first-order chi connectivity index (χ1) is 10.2. The van der Waals surface area contributed by atoms with Crippen LogP contribution in [0.1, 0.15) is 17.5 Å². The van der Waals surface area contributed by atoms with E-state index in [-0.39, 0.29) is 11.8 Å². The second kappa shape index (κ2) is 5.76. The van der Waals surface area contributed by atoms with Crippen molar-refractivity contribution in [2.75, 3.05) is 0 Å². The smallest absolute Gasteiger partial charge is 0.244 e. The lowest BCUT2D eigenvalue weighted by Gasteiger charge is -2.05. The zero-order valence-electron chi connectivity index (χ0n) is 11.3. The molecule has 0 spiro atoms. The first-order valence-electron chi connectivity index (χ1n) is 6.65. The molecule has 3 N–H and O–H groups in total. The number of rotatable bonds is 4. The van der Waals surface area contributed by atoms with Gasteiger partial charge in [-0.25, -0.2) is 0 Å². The molecule has 1 heterocycles. The highest BCUT2D eigenvalue weighted by Crippen LogP contribution is 2.22. The standard InChI is InChI=1S/C16H15N3O2/c17-14(9-11-5-2-1-3-6-11)16-18-15(19-21-16)12-7-4-8-13(20)10-12/h1-8,10,14,20H,9,17H2/t14-/m0/s1. The lowest BCUT2D eigenvalue weighted by Crippen LogP contribution is -2.13. The molecule has 106 valence electrons. The maximum atomic E-state index is 9.47. The number of nitrogens with two attached hydrogens (primary N) is 1. The molecule has 0 bridgehead atoms. The summed E-state index contributed by atoms with van der Waals surface area (Å²) in [6.07, 6.45) is 0.627. The number of benzene rings is 2. The van der Waals surface area contributed by atoms with Crippen LogP contribution in [0.2, 0.25) is 0 Å². The molecular formula is C16H15N3O2. The Kier molecular flexibility index (Phi) is 3.66. The highest BCUT2D eigenvalue weighted by molar-refractivity contribution is 5.56. The van der Waals surface area contributed by atoms with Crippen LogP contribution in [0.4, 0.5) is 0 Å².